The van der Waals surface area contributed by atoms with E-state index in [1.54, 1.807) is 23.9 Å². The average molecular weight is 365 g/mol. The van der Waals surface area contributed by atoms with Gasteiger partial charge in [-0.1, -0.05) is 29.4 Å². The molecule has 1 aromatic carbocycles. The Morgan fingerprint density at radius 3 is 3.00 bits per heavy atom. The van der Waals surface area contributed by atoms with Crippen molar-refractivity contribution in [3.8, 4) is 0 Å². The lowest BCUT2D eigenvalue weighted by atomic mass is 10.2. The van der Waals surface area contributed by atoms with Gasteiger partial charge in [0.1, 0.15) is 6.42 Å². The van der Waals surface area contributed by atoms with E-state index in [0.717, 1.165) is 28.7 Å². The standard InChI is InChI=1S/C16H17ClN4O2S/c1-10-2-3-11(17)6-13(10)20-15(23)7-14(22)18-8-12-9-21-4-5-24-16(21)19-12/h2-3,6,9H,4-5,7-8H2,1H3,(H,18,22)(H,20,23). The Kier molecular flexibility index (Phi) is 5.11. The summed E-state index contributed by atoms with van der Waals surface area (Å²) in [5.74, 6) is 0.326. The van der Waals surface area contributed by atoms with E-state index in [-0.39, 0.29) is 18.2 Å². The molecule has 0 radical (unpaired) electrons. The van der Waals surface area contributed by atoms with Crippen molar-refractivity contribution in [1.29, 1.82) is 0 Å². The van der Waals surface area contributed by atoms with Gasteiger partial charge in [-0.05, 0) is 24.6 Å². The fraction of sp³-hybridized carbons (Fsp3) is 0.312. The fourth-order valence-electron chi connectivity index (χ4n) is 2.37. The molecule has 0 saturated heterocycles. The van der Waals surface area contributed by atoms with Gasteiger partial charge in [0.05, 0.1) is 12.2 Å². The summed E-state index contributed by atoms with van der Waals surface area (Å²) in [4.78, 5) is 28.3. The summed E-state index contributed by atoms with van der Waals surface area (Å²) < 4.78 is 2.07. The number of aromatic nitrogens is 2. The van der Waals surface area contributed by atoms with E-state index in [4.69, 9.17) is 11.6 Å². The van der Waals surface area contributed by atoms with Gasteiger partial charge in [-0.2, -0.15) is 0 Å². The van der Waals surface area contributed by atoms with Crippen LogP contribution in [-0.2, 0) is 22.7 Å². The highest BCUT2D eigenvalue weighted by Crippen LogP contribution is 2.24. The summed E-state index contributed by atoms with van der Waals surface area (Å²) in [6.07, 6.45) is 1.69. The van der Waals surface area contributed by atoms with Gasteiger partial charge in [0, 0.05) is 29.2 Å². The Morgan fingerprint density at radius 1 is 1.38 bits per heavy atom. The van der Waals surface area contributed by atoms with Crippen LogP contribution in [0.1, 0.15) is 17.7 Å². The number of halogens is 1. The van der Waals surface area contributed by atoms with Crippen molar-refractivity contribution in [1.82, 2.24) is 14.9 Å². The number of hydrogen-bond donors (Lipinski definition) is 2. The molecule has 1 aromatic heterocycles. The molecule has 2 aromatic rings. The summed E-state index contributed by atoms with van der Waals surface area (Å²) in [6.45, 7) is 3.13. The normalized spacial score (nSPS) is 12.8. The first kappa shape index (κ1) is 16.9. The second-order valence-corrected chi connectivity index (χ2v) is 7.02. The number of carbonyl (C=O) groups excluding carboxylic acids is 2. The number of fused-ring (bicyclic) bond motifs is 1. The molecule has 0 saturated carbocycles. The third-order valence-corrected chi connectivity index (χ3v) is 4.82. The molecule has 2 amide bonds. The molecule has 1 aliphatic heterocycles. The number of imidazole rings is 1. The van der Waals surface area contributed by atoms with Crippen molar-refractivity contribution in [2.24, 2.45) is 0 Å². The first-order valence-corrected chi connectivity index (χ1v) is 8.89. The van der Waals surface area contributed by atoms with E-state index in [1.807, 2.05) is 19.2 Å². The predicted octanol–water partition coefficient (Wildman–Crippen LogP) is 2.60. The molecule has 0 fully saturated rings. The summed E-state index contributed by atoms with van der Waals surface area (Å²) in [5.41, 5.74) is 2.30. The number of nitrogens with one attached hydrogen (secondary N) is 2. The lowest BCUT2D eigenvalue weighted by molar-refractivity contribution is -0.126. The minimum absolute atomic E-state index is 0.242. The molecule has 0 bridgehead atoms. The maximum atomic E-state index is 12.0. The Labute approximate surface area is 149 Å². The molecule has 2 heterocycles. The maximum Gasteiger partial charge on any atom is 0.233 e. The van der Waals surface area contributed by atoms with E-state index in [9.17, 15) is 9.59 Å². The number of rotatable bonds is 5. The average Bonchev–Trinajstić information content (AvgIpc) is 3.10. The second-order valence-electron chi connectivity index (χ2n) is 5.52. The largest absolute Gasteiger partial charge is 0.350 e. The molecule has 0 spiro atoms. The summed E-state index contributed by atoms with van der Waals surface area (Å²) in [5, 5.41) is 6.94. The van der Waals surface area contributed by atoms with Crippen LogP contribution in [0.3, 0.4) is 0 Å². The van der Waals surface area contributed by atoms with E-state index < -0.39 is 0 Å². The van der Waals surface area contributed by atoms with E-state index in [1.165, 1.54) is 0 Å². The van der Waals surface area contributed by atoms with Gasteiger partial charge in [-0.15, -0.1) is 0 Å². The lowest BCUT2D eigenvalue weighted by Gasteiger charge is -2.09. The minimum atomic E-state index is -0.374. The van der Waals surface area contributed by atoms with Gasteiger partial charge >= 0.3 is 0 Å². The zero-order chi connectivity index (χ0) is 17.1. The van der Waals surface area contributed by atoms with E-state index >= 15 is 0 Å². The summed E-state index contributed by atoms with van der Waals surface area (Å²) in [6, 6.07) is 5.23. The second kappa shape index (κ2) is 7.27. The number of aryl methyl sites for hydroxylation is 2. The predicted molar refractivity (Wildman–Crippen MR) is 94.2 cm³/mol. The fourth-order valence-corrected chi connectivity index (χ4v) is 3.50. The minimum Gasteiger partial charge on any atom is -0.350 e. The summed E-state index contributed by atoms with van der Waals surface area (Å²) >= 11 is 7.62. The molecule has 0 atom stereocenters. The Bertz CT molecular complexity index is 769. The van der Waals surface area contributed by atoms with Crippen LogP contribution in [0.15, 0.2) is 29.6 Å². The number of thioether (sulfide) groups is 1. The molecule has 0 aliphatic carbocycles. The van der Waals surface area contributed by atoms with Crippen molar-refractivity contribution in [3.05, 3.63) is 40.7 Å². The van der Waals surface area contributed by atoms with Crippen molar-refractivity contribution in [2.45, 2.75) is 31.6 Å². The summed E-state index contributed by atoms with van der Waals surface area (Å²) in [7, 11) is 0. The first-order chi connectivity index (χ1) is 11.5. The lowest BCUT2D eigenvalue weighted by Crippen LogP contribution is -2.28. The Morgan fingerprint density at radius 2 is 2.21 bits per heavy atom. The zero-order valence-electron chi connectivity index (χ0n) is 13.1. The molecule has 24 heavy (non-hydrogen) atoms. The highest BCUT2D eigenvalue weighted by atomic mass is 35.5. The highest BCUT2D eigenvalue weighted by molar-refractivity contribution is 7.99. The van der Waals surface area contributed by atoms with Gasteiger partial charge in [0.15, 0.2) is 5.16 Å². The van der Waals surface area contributed by atoms with Gasteiger partial charge in [-0.25, -0.2) is 4.98 Å². The van der Waals surface area contributed by atoms with Crippen LogP contribution in [-0.4, -0.2) is 27.1 Å². The molecule has 8 heteroatoms. The monoisotopic (exact) mass is 364 g/mol. The maximum absolute atomic E-state index is 12.0. The smallest absolute Gasteiger partial charge is 0.233 e. The van der Waals surface area contributed by atoms with Crippen LogP contribution in [0.5, 0.6) is 0 Å². The van der Waals surface area contributed by atoms with Crippen LogP contribution >= 0.6 is 23.4 Å². The van der Waals surface area contributed by atoms with Crippen LogP contribution in [0.2, 0.25) is 5.02 Å². The molecule has 2 N–H and O–H groups in total. The van der Waals surface area contributed by atoms with Gasteiger partial charge < -0.3 is 15.2 Å². The molecule has 3 rings (SSSR count). The van der Waals surface area contributed by atoms with E-state index in [0.29, 0.717) is 17.3 Å². The van der Waals surface area contributed by atoms with Gasteiger partial charge in [0.2, 0.25) is 11.8 Å². The Hall–Kier alpha value is -1.99. The van der Waals surface area contributed by atoms with Crippen LogP contribution in [0, 0.1) is 6.92 Å². The van der Waals surface area contributed by atoms with Crippen molar-refractivity contribution >= 4 is 40.9 Å². The quantitative estimate of drug-likeness (QED) is 0.799. The third kappa shape index (κ3) is 4.10. The van der Waals surface area contributed by atoms with E-state index in [2.05, 4.69) is 20.2 Å². The van der Waals surface area contributed by atoms with Crippen molar-refractivity contribution in [2.75, 3.05) is 11.1 Å². The van der Waals surface area contributed by atoms with Gasteiger partial charge in [-0.3, -0.25) is 9.59 Å². The number of amides is 2. The topological polar surface area (TPSA) is 76.0 Å². The first-order valence-electron chi connectivity index (χ1n) is 7.53. The van der Waals surface area contributed by atoms with Crippen LogP contribution in [0.25, 0.3) is 0 Å². The number of hydrogen-bond acceptors (Lipinski definition) is 4. The molecule has 126 valence electrons. The van der Waals surface area contributed by atoms with Crippen molar-refractivity contribution < 1.29 is 9.59 Å². The number of nitrogens with zero attached hydrogens (tertiary/aromatic N) is 2. The molecular formula is C16H17ClN4O2S. The molecular weight excluding hydrogens is 348 g/mol. The molecule has 6 nitrogen and oxygen atoms in total. The van der Waals surface area contributed by atoms with Crippen LogP contribution in [0.4, 0.5) is 5.69 Å². The molecule has 0 unspecified atom stereocenters. The van der Waals surface area contributed by atoms with Crippen molar-refractivity contribution in [3.63, 3.8) is 0 Å². The highest BCUT2D eigenvalue weighted by Gasteiger charge is 2.15. The number of anilines is 1. The molecule has 1 aliphatic rings. The SMILES string of the molecule is Cc1ccc(Cl)cc1NC(=O)CC(=O)NCc1cn2c(n1)SCC2. The third-order valence-electron chi connectivity index (χ3n) is 3.61. The van der Waals surface area contributed by atoms with Gasteiger partial charge in [0.25, 0.3) is 0 Å². The zero-order valence-corrected chi connectivity index (χ0v) is 14.7. The number of benzene rings is 1. The number of carbonyl (C=O) groups is 2. The van der Waals surface area contributed by atoms with Crippen LogP contribution < -0.4 is 10.6 Å². The Balaban J connectivity index is 1.49.